The molecule has 3 N–H and O–H groups in total. The van der Waals surface area contributed by atoms with Crippen molar-refractivity contribution in [1.82, 2.24) is 14.8 Å². The fraction of sp³-hybridized carbons (Fsp3) is 0.750. The normalized spacial score (nSPS) is 18.2. The molecule has 1 fully saturated rings. The summed E-state index contributed by atoms with van der Waals surface area (Å²) in [5.41, 5.74) is 5.37. The van der Waals surface area contributed by atoms with Gasteiger partial charge in [0.15, 0.2) is 0 Å². The van der Waals surface area contributed by atoms with Crippen LogP contribution in [0.3, 0.4) is 0 Å². The van der Waals surface area contributed by atoms with Gasteiger partial charge in [-0.2, -0.15) is 5.10 Å². The molecule has 1 aromatic heterocycles. The maximum atomic E-state index is 11.4. The maximum Gasteiger partial charge on any atom is 0.343 e. The third-order valence-electron chi connectivity index (χ3n) is 2.65. The highest BCUT2D eigenvalue weighted by molar-refractivity contribution is 4.90. The average Bonchev–Trinajstić information content (AvgIpc) is 2.72. The molecule has 0 bridgehead atoms. The topological polar surface area (TPSA) is 76.7 Å². The Morgan fingerprint density at radius 2 is 2.23 bits per heavy atom. The number of aromatic amines is 1. The Balaban J connectivity index is 2.36. The molecule has 0 spiro atoms. The second kappa shape index (κ2) is 3.33. The van der Waals surface area contributed by atoms with Gasteiger partial charge < -0.3 is 5.73 Å². The Bertz CT molecular complexity index is 334. The number of nitrogens with zero attached hydrogens (tertiary/aromatic N) is 2. The first-order valence-corrected chi connectivity index (χ1v) is 4.69. The Hall–Kier alpha value is -1.10. The van der Waals surface area contributed by atoms with Crippen LogP contribution in [0.5, 0.6) is 0 Å². The first-order valence-electron chi connectivity index (χ1n) is 4.69. The van der Waals surface area contributed by atoms with E-state index < -0.39 is 0 Å². The van der Waals surface area contributed by atoms with Crippen LogP contribution in [0.15, 0.2) is 4.79 Å². The van der Waals surface area contributed by atoms with Gasteiger partial charge in [-0.25, -0.2) is 9.89 Å². The lowest BCUT2D eigenvalue weighted by molar-refractivity contribution is 0.484. The summed E-state index contributed by atoms with van der Waals surface area (Å²) in [6, 6.07) is 0.324. The third kappa shape index (κ3) is 1.39. The highest BCUT2D eigenvalue weighted by Crippen LogP contribution is 2.28. The second-order valence-corrected chi connectivity index (χ2v) is 3.46. The van der Waals surface area contributed by atoms with Gasteiger partial charge in [0.1, 0.15) is 5.82 Å². The predicted octanol–water partition coefficient (Wildman–Crippen LogP) is 0.145. The van der Waals surface area contributed by atoms with Crippen molar-refractivity contribution in [3.63, 3.8) is 0 Å². The van der Waals surface area contributed by atoms with Crippen LogP contribution in [0.4, 0.5) is 0 Å². The van der Waals surface area contributed by atoms with Gasteiger partial charge in [0, 0.05) is 6.04 Å². The summed E-state index contributed by atoms with van der Waals surface area (Å²) in [7, 11) is 0. The van der Waals surface area contributed by atoms with Crippen molar-refractivity contribution in [1.29, 1.82) is 0 Å². The van der Waals surface area contributed by atoms with Crippen LogP contribution in [-0.4, -0.2) is 14.8 Å². The summed E-state index contributed by atoms with van der Waals surface area (Å²) in [6.45, 7) is 0.329. The number of H-pyrrole nitrogens is 1. The maximum absolute atomic E-state index is 11.4. The third-order valence-corrected chi connectivity index (χ3v) is 2.65. The van der Waals surface area contributed by atoms with E-state index in [1.807, 2.05) is 0 Å². The van der Waals surface area contributed by atoms with Crippen LogP contribution in [0.2, 0.25) is 0 Å². The lowest BCUT2D eigenvalue weighted by Crippen LogP contribution is -2.23. The zero-order valence-electron chi connectivity index (χ0n) is 7.49. The minimum absolute atomic E-state index is 0.118. The molecule has 0 saturated heterocycles. The van der Waals surface area contributed by atoms with Gasteiger partial charge in [0.25, 0.3) is 0 Å². The van der Waals surface area contributed by atoms with Crippen molar-refractivity contribution in [2.24, 2.45) is 5.73 Å². The first kappa shape index (κ1) is 8.50. The molecule has 0 aliphatic heterocycles. The van der Waals surface area contributed by atoms with Gasteiger partial charge in [0.2, 0.25) is 0 Å². The van der Waals surface area contributed by atoms with Gasteiger partial charge in [-0.3, -0.25) is 4.57 Å². The van der Waals surface area contributed by atoms with Crippen LogP contribution in [0, 0.1) is 0 Å². The van der Waals surface area contributed by atoms with E-state index in [4.69, 9.17) is 5.73 Å². The number of aromatic nitrogens is 3. The van der Waals surface area contributed by atoms with Crippen LogP contribution >= 0.6 is 0 Å². The smallest absolute Gasteiger partial charge is 0.324 e. The molecule has 1 aliphatic carbocycles. The van der Waals surface area contributed by atoms with E-state index in [0.717, 1.165) is 12.8 Å². The summed E-state index contributed by atoms with van der Waals surface area (Å²) < 4.78 is 1.72. The molecule has 72 valence electrons. The number of nitrogens with two attached hydrogens (primary N) is 1. The largest absolute Gasteiger partial charge is 0.343 e. The lowest BCUT2D eigenvalue weighted by Gasteiger charge is -2.10. The van der Waals surface area contributed by atoms with Crippen molar-refractivity contribution in [3.8, 4) is 0 Å². The van der Waals surface area contributed by atoms with Crippen LogP contribution in [0.25, 0.3) is 0 Å². The Labute approximate surface area is 75.9 Å². The molecule has 0 atom stereocenters. The van der Waals surface area contributed by atoms with E-state index in [0.29, 0.717) is 18.4 Å². The minimum atomic E-state index is -0.118. The monoisotopic (exact) mass is 182 g/mol. The molecular weight excluding hydrogens is 168 g/mol. The summed E-state index contributed by atoms with van der Waals surface area (Å²) in [4.78, 5) is 11.4. The molecule has 1 aromatic rings. The van der Waals surface area contributed by atoms with Crippen molar-refractivity contribution in [2.45, 2.75) is 38.3 Å². The van der Waals surface area contributed by atoms with Crippen molar-refractivity contribution < 1.29 is 0 Å². The molecule has 13 heavy (non-hydrogen) atoms. The molecule has 1 heterocycles. The fourth-order valence-electron chi connectivity index (χ4n) is 2.02. The van der Waals surface area contributed by atoms with Gasteiger partial charge in [-0.05, 0) is 12.8 Å². The molecule has 5 heteroatoms. The fourth-order valence-corrected chi connectivity index (χ4v) is 2.02. The predicted molar refractivity (Wildman–Crippen MR) is 48.2 cm³/mol. The van der Waals surface area contributed by atoms with Crippen LogP contribution in [0.1, 0.15) is 37.5 Å². The van der Waals surface area contributed by atoms with Crippen LogP contribution in [-0.2, 0) is 6.54 Å². The minimum Gasteiger partial charge on any atom is -0.324 e. The van der Waals surface area contributed by atoms with Gasteiger partial charge in [-0.15, -0.1) is 0 Å². The van der Waals surface area contributed by atoms with E-state index >= 15 is 0 Å². The molecule has 0 unspecified atom stereocenters. The molecule has 2 rings (SSSR count). The van der Waals surface area contributed by atoms with Crippen molar-refractivity contribution in [3.05, 3.63) is 16.3 Å². The van der Waals surface area contributed by atoms with Gasteiger partial charge >= 0.3 is 5.69 Å². The number of hydrogen-bond donors (Lipinski definition) is 2. The standard InChI is InChI=1S/C8H14N4O/c9-5-7-10-11-8(13)12(7)6-3-1-2-4-6/h6H,1-5,9H2,(H,11,13). The van der Waals surface area contributed by atoms with E-state index in [1.165, 1.54) is 12.8 Å². The zero-order chi connectivity index (χ0) is 9.26. The second-order valence-electron chi connectivity index (χ2n) is 3.46. The first-order chi connectivity index (χ1) is 6.33. The van der Waals surface area contributed by atoms with Gasteiger partial charge in [-0.1, -0.05) is 12.8 Å². The van der Waals surface area contributed by atoms with Gasteiger partial charge in [0.05, 0.1) is 6.54 Å². The lowest BCUT2D eigenvalue weighted by atomic mass is 10.2. The van der Waals surface area contributed by atoms with E-state index in [2.05, 4.69) is 10.2 Å². The summed E-state index contributed by atoms with van der Waals surface area (Å²) in [5.74, 6) is 0.678. The highest BCUT2D eigenvalue weighted by atomic mass is 16.1. The summed E-state index contributed by atoms with van der Waals surface area (Å²) in [6.07, 6.45) is 4.55. The average molecular weight is 182 g/mol. The molecule has 0 aromatic carbocycles. The number of nitrogens with one attached hydrogen (secondary N) is 1. The summed E-state index contributed by atoms with van der Waals surface area (Å²) >= 11 is 0. The molecule has 1 aliphatic rings. The summed E-state index contributed by atoms with van der Waals surface area (Å²) in [5, 5.41) is 6.32. The van der Waals surface area contributed by atoms with Crippen molar-refractivity contribution in [2.75, 3.05) is 0 Å². The molecule has 5 nitrogen and oxygen atoms in total. The molecule has 0 radical (unpaired) electrons. The van der Waals surface area contributed by atoms with E-state index in [1.54, 1.807) is 4.57 Å². The molecular formula is C8H14N4O. The number of hydrogen-bond acceptors (Lipinski definition) is 3. The molecule has 1 saturated carbocycles. The van der Waals surface area contributed by atoms with E-state index in [-0.39, 0.29) is 5.69 Å². The molecule has 0 amide bonds. The Morgan fingerprint density at radius 3 is 2.85 bits per heavy atom. The SMILES string of the molecule is NCc1n[nH]c(=O)n1C1CCCC1. The zero-order valence-corrected chi connectivity index (χ0v) is 7.49. The van der Waals surface area contributed by atoms with E-state index in [9.17, 15) is 4.79 Å². The quantitative estimate of drug-likeness (QED) is 0.683. The van der Waals surface area contributed by atoms with Crippen LogP contribution < -0.4 is 11.4 Å². The Kier molecular flexibility index (Phi) is 2.18. The highest BCUT2D eigenvalue weighted by Gasteiger charge is 2.21. The number of rotatable bonds is 2. The Morgan fingerprint density at radius 1 is 1.54 bits per heavy atom. The van der Waals surface area contributed by atoms with Crippen molar-refractivity contribution >= 4 is 0 Å².